The largest absolute Gasteiger partial charge is 0.393 e. The SMILES string of the molecule is COCCCC(N)CC(C)O. The zero-order chi connectivity index (χ0) is 8.69. The molecule has 0 fully saturated rings. The Bertz CT molecular complexity index is 86.2. The van der Waals surface area contributed by atoms with E-state index in [1.54, 1.807) is 14.0 Å². The molecule has 3 N–H and O–H groups in total. The highest BCUT2D eigenvalue weighted by Gasteiger charge is 2.05. The summed E-state index contributed by atoms with van der Waals surface area (Å²) in [4.78, 5) is 0. The van der Waals surface area contributed by atoms with E-state index in [-0.39, 0.29) is 12.1 Å². The van der Waals surface area contributed by atoms with Crippen molar-refractivity contribution >= 4 is 0 Å². The third-order valence-electron chi connectivity index (χ3n) is 1.57. The Morgan fingerprint density at radius 2 is 2.18 bits per heavy atom. The Balaban J connectivity index is 3.15. The van der Waals surface area contributed by atoms with Gasteiger partial charge in [-0.15, -0.1) is 0 Å². The van der Waals surface area contributed by atoms with E-state index in [2.05, 4.69) is 0 Å². The number of nitrogens with two attached hydrogens (primary N) is 1. The third-order valence-corrected chi connectivity index (χ3v) is 1.57. The highest BCUT2D eigenvalue weighted by Crippen LogP contribution is 2.02. The molecule has 3 nitrogen and oxygen atoms in total. The van der Waals surface area contributed by atoms with Crippen molar-refractivity contribution < 1.29 is 9.84 Å². The molecule has 3 heteroatoms. The van der Waals surface area contributed by atoms with E-state index in [0.717, 1.165) is 19.4 Å². The molecule has 0 saturated heterocycles. The first-order chi connectivity index (χ1) is 5.16. The molecule has 0 aliphatic carbocycles. The van der Waals surface area contributed by atoms with Crippen molar-refractivity contribution in [3.8, 4) is 0 Å². The number of aliphatic hydroxyl groups is 1. The van der Waals surface area contributed by atoms with E-state index in [1.807, 2.05) is 0 Å². The van der Waals surface area contributed by atoms with Crippen LogP contribution in [0.25, 0.3) is 0 Å². The van der Waals surface area contributed by atoms with Gasteiger partial charge in [-0.2, -0.15) is 0 Å². The van der Waals surface area contributed by atoms with Crippen molar-refractivity contribution in [3.05, 3.63) is 0 Å². The van der Waals surface area contributed by atoms with E-state index >= 15 is 0 Å². The van der Waals surface area contributed by atoms with Gasteiger partial charge in [-0.1, -0.05) is 0 Å². The second kappa shape index (κ2) is 6.58. The minimum atomic E-state index is -0.285. The molecule has 0 aromatic rings. The topological polar surface area (TPSA) is 55.5 Å². The predicted molar refractivity (Wildman–Crippen MR) is 45.4 cm³/mol. The van der Waals surface area contributed by atoms with Crippen LogP contribution in [0, 0.1) is 0 Å². The molecule has 0 spiro atoms. The molecule has 2 atom stereocenters. The molecule has 11 heavy (non-hydrogen) atoms. The molecule has 0 heterocycles. The van der Waals surface area contributed by atoms with Gasteiger partial charge in [-0.05, 0) is 26.2 Å². The predicted octanol–water partition coefficient (Wildman–Crippen LogP) is 0.511. The van der Waals surface area contributed by atoms with Crippen LogP contribution in [-0.2, 0) is 4.74 Å². The Hall–Kier alpha value is -0.120. The maximum Gasteiger partial charge on any atom is 0.0526 e. The van der Waals surface area contributed by atoms with Crippen molar-refractivity contribution in [1.82, 2.24) is 0 Å². The van der Waals surface area contributed by atoms with E-state index in [0.29, 0.717) is 6.42 Å². The maximum absolute atomic E-state index is 8.97. The fraction of sp³-hybridized carbons (Fsp3) is 1.00. The Labute approximate surface area is 68.5 Å². The van der Waals surface area contributed by atoms with Gasteiger partial charge >= 0.3 is 0 Å². The van der Waals surface area contributed by atoms with Gasteiger partial charge in [0, 0.05) is 19.8 Å². The van der Waals surface area contributed by atoms with Crippen LogP contribution in [0.2, 0.25) is 0 Å². The monoisotopic (exact) mass is 161 g/mol. The van der Waals surface area contributed by atoms with Gasteiger partial charge < -0.3 is 15.6 Å². The molecule has 0 bridgehead atoms. The minimum Gasteiger partial charge on any atom is -0.393 e. The van der Waals surface area contributed by atoms with Gasteiger partial charge in [0.2, 0.25) is 0 Å². The Morgan fingerprint density at radius 1 is 1.55 bits per heavy atom. The van der Waals surface area contributed by atoms with Gasteiger partial charge in [-0.3, -0.25) is 0 Å². The fourth-order valence-corrected chi connectivity index (χ4v) is 1.05. The first-order valence-corrected chi connectivity index (χ1v) is 4.09. The van der Waals surface area contributed by atoms with E-state index in [4.69, 9.17) is 15.6 Å². The third kappa shape index (κ3) is 7.78. The molecular weight excluding hydrogens is 142 g/mol. The molecule has 68 valence electrons. The van der Waals surface area contributed by atoms with Gasteiger partial charge in [0.15, 0.2) is 0 Å². The standard InChI is InChI=1S/C8H19NO2/c1-7(10)6-8(9)4-3-5-11-2/h7-8,10H,3-6,9H2,1-2H3. The van der Waals surface area contributed by atoms with Crippen LogP contribution in [-0.4, -0.2) is 31.0 Å². The molecule has 0 radical (unpaired) electrons. The zero-order valence-electron chi connectivity index (χ0n) is 7.42. The number of hydrogen-bond acceptors (Lipinski definition) is 3. The first kappa shape index (κ1) is 10.9. The normalized spacial score (nSPS) is 16.4. The van der Waals surface area contributed by atoms with Crippen LogP contribution in [0.1, 0.15) is 26.2 Å². The van der Waals surface area contributed by atoms with E-state index < -0.39 is 0 Å². The summed E-state index contributed by atoms with van der Waals surface area (Å²) in [5.74, 6) is 0. The molecule has 0 rings (SSSR count). The highest BCUT2D eigenvalue weighted by molar-refractivity contribution is 4.63. The lowest BCUT2D eigenvalue weighted by Crippen LogP contribution is -2.24. The number of rotatable bonds is 6. The summed E-state index contributed by atoms with van der Waals surface area (Å²) in [5, 5.41) is 8.97. The molecule has 2 unspecified atom stereocenters. The summed E-state index contributed by atoms with van der Waals surface area (Å²) >= 11 is 0. The lowest BCUT2D eigenvalue weighted by atomic mass is 10.1. The average molecular weight is 161 g/mol. The number of methoxy groups -OCH3 is 1. The van der Waals surface area contributed by atoms with Gasteiger partial charge in [0.25, 0.3) is 0 Å². The summed E-state index contributed by atoms with van der Waals surface area (Å²) in [5.41, 5.74) is 5.70. The van der Waals surface area contributed by atoms with Crippen LogP contribution in [0.5, 0.6) is 0 Å². The minimum absolute atomic E-state index is 0.116. The summed E-state index contributed by atoms with van der Waals surface area (Å²) in [6, 6.07) is 0.116. The van der Waals surface area contributed by atoms with Crippen molar-refractivity contribution in [2.45, 2.75) is 38.3 Å². The van der Waals surface area contributed by atoms with Crippen LogP contribution >= 0.6 is 0 Å². The maximum atomic E-state index is 8.97. The fourth-order valence-electron chi connectivity index (χ4n) is 1.05. The molecule has 0 aromatic carbocycles. The van der Waals surface area contributed by atoms with Crippen LogP contribution in [0.15, 0.2) is 0 Å². The Morgan fingerprint density at radius 3 is 2.64 bits per heavy atom. The number of ether oxygens (including phenoxy) is 1. The summed E-state index contributed by atoms with van der Waals surface area (Å²) in [6.07, 6.45) is 2.31. The summed E-state index contributed by atoms with van der Waals surface area (Å²) < 4.78 is 4.88. The summed E-state index contributed by atoms with van der Waals surface area (Å²) in [6.45, 7) is 2.52. The van der Waals surface area contributed by atoms with Crippen LogP contribution in [0.3, 0.4) is 0 Å². The van der Waals surface area contributed by atoms with E-state index in [9.17, 15) is 0 Å². The van der Waals surface area contributed by atoms with Crippen molar-refractivity contribution in [2.75, 3.05) is 13.7 Å². The van der Waals surface area contributed by atoms with Crippen molar-refractivity contribution in [3.63, 3.8) is 0 Å². The van der Waals surface area contributed by atoms with Gasteiger partial charge in [0.1, 0.15) is 0 Å². The van der Waals surface area contributed by atoms with Crippen LogP contribution in [0.4, 0.5) is 0 Å². The van der Waals surface area contributed by atoms with Crippen LogP contribution < -0.4 is 5.73 Å². The molecule has 0 amide bonds. The quantitative estimate of drug-likeness (QED) is 0.558. The highest BCUT2D eigenvalue weighted by atomic mass is 16.5. The van der Waals surface area contributed by atoms with Crippen molar-refractivity contribution in [1.29, 1.82) is 0 Å². The number of hydrogen-bond donors (Lipinski definition) is 2. The lowest BCUT2D eigenvalue weighted by molar-refractivity contribution is 0.163. The second-order valence-corrected chi connectivity index (χ2v) is 2.98. The second-order valence-electron chi connectivity index (χ2n) is 2.98. The zero-order valence-corrected chi connectivity index (χ0v) is 7.42. The molecular formula is C8H19NO2. The van der Waals surface area contributed by atoms with Gasteiger partial charge in [-0.25, -0.2) is 0 Å². The molecule has 0 aromatic heterocycles. The Kier molecular flexibility index (Phi) is 6.51. The summed E-state index contributed by atoms with van der Waals surface area (Å²) in [7, 11) is 1.68. The van der Waals surface area contributed by atoms with Crippen molar-refractivity contribution in [2.24, 2.45) is 5.73 Å². The molecule has 0 saturated carbocycles. The number of aliphatic hydroxyl groups excluding tert-OH is 1. The van der Waals surface area contributed by atoms with E-state index in [1.165, 1.54) is 0 Å². The molecule has 0 aliphatic rings. The molecule has 0 aliphatic heterocycles. The average Bonchev–Trinajstić information content (AvgIpc) is 1.86. The smallest absolute Gasteiger partial charge is 0.0526 e. The lowest BCUT2D eigenvalue weighted by Gasteiger charge is -2.12. The first-order valence-electron chi connectivity index (χ1n) is 4.09. The van der Waals surface area contributed by atoms with Gasteiger partial charge in [0.05, 0.1) is 6.10 Å².